The van der Waals surface area contributed by atoms with Gasteiger partial charge in [-0.25, -0.2) is 14.4 Å². The zero-order valence-corrected chi connectivity index (χ0v) is 19.6. The van der Waals surface area contributed by atoms with Crippen molar-refractivity contribution in [1.82, 2.24) is 24.6 Å². The molecule has 0 aliphatic rings. The van der Waals surface area contributed by atoms with E-state index in [1.165, 1.54) is 35.1 Å². The van der Waals surface area contributed by atoms with Crippen LogP contribution in [0.4, 0.5) is 4.39 Å². The molecule has 0 aliphatic heterocycles. The summed E-state index contributed by atoms with van der Waals surface area (Å²) in [5.41, 5.74) is 8.28. The van der Waals surface area contributed by atoms with Crippen LogP contribution in [0.3, 0.4) is 0 Å². The predicted molar refractivity (Wildman–Crippen MR) is 128 cm³/mol. The van der Waals surface area contributed by atoms with Crippen LogP contribution in [0.15, 0.2) is 48.8 Å². The van der Waals surface area contributed by atoms with Crippen LogP contribution in [-0.4, -0.2) is 55.2 Å². The van der Waals surface area contributed by atoms with Gasteiger partial charge in [0.1, 0.15) is 5.82 Å². The number of hydrogen-bond acceptors (Lipinski definition) is 6. The van der Waals surface area contributed by atoms with Crippen molar-refractivity contribution in [3.05, 3.63) is 71.4 Å². The summed E-state index contributed by atoms with van der Waals surface area (Å²) >= 11 is 0. The van der Waals surface area contributed by atoms with Crippen LogP contribution in [-0.2, 0) is 11.2 Å². The third-order valence-corrected chi connectivity index (χ3v) is 5.67. The number of aliphatic hydroxyl groups excluding tert-OH is 1. The molecule has 0 spiro atoms. The summed E-state index contributed by atoms with van der Waals surface area (Å²) in [5, 5.41) is 15.3. The number of rotatable bonds is 7. The Balaban J connectivity index is 1.78. The van der Waals surface area contributed by atoms with E-state index in [1.807, 2.05) is 6.92 Å². The van der Waals surface area contributed by atoms with Gasteiger partial charge in [0.15, 0.2) is 0 Å². The van der Waals surface area contributed by atoms with E-state index in [-0.39, 0.29) is 18.3 Å². The lowest BCUT2D eigenvalue weighted by Gasteiger charge is -2.15. The Bertz CT molecular complexity index is 1410. The molecule has 0 saturated heterocycles. The van der Waals surface area contributed by atoms with Gasteiger partial charge < -0.3 is 15.7 Å². The lowest BCUT2D eigenvalue weighted by molar-refractivity contribution is -0.118. The highest BCUT2D eigenvalue weighted by atomic mass is 19.1. The Labute approximate surface area is 201 Å². The van der Waals surface area contributed by atoms with Gasteiger partial charge in [0.25, 0.3) is 11.9 Å². The highest BCUT2D eigenvalue weighted by molar-refractivity contribution is 5.99. The smallest absolute Gasteiger partial charge is 0.254 e. The van der Waals surface area contributed by atoms with Gasteiger partial charge in [-0.2, -0.15) is 9.78 Å². The van der Waals surface area contributed by atoms with Crippen LogP contribution in [0, 0.1) is 5.82 Å². The summed E-state index contributed by atoms with van der Waals surface area (Å²) in [5.74, 6) is -1.21. The van der Waals surface area contributed by atoms with Gasteiger partial charge in [-0.3, -0.25) is 9.59 Å². The van der Waals surface area contributed by atoms with Crippen LogP contribution in [0.5, 0.6) is 0 Å². The molecule has 180 valence electrons. The first-order valence-electron chi connectivity index (χ1n) is 11.0. The molecule has 9 nitrogen and oxygen atoms in total. The van der Waals surface area contributed by atoms with Gasteiger partial charge in [0.2, 0.25) is 5.91 Å². The number of benzene rings is 2. The highest BCUT2D eigenvalue weighted by Crippen LogP contribution is 2.28. The van der Waals surface area contributed by atoms with E-state index in [4.69, 9.17) is 5.73 Å². The summed E-state index contributed by atoms with van der Waals surface area (Å²) in [6, 6.07) is 9.78. The molecule has 2 heterocycles. The van der Waals surface area contributed by atoms with Gasteiger partial charge in [0.05, 0.1) is 23.9 Å². The standard InChI is InChI=1S/C25H25FN6O3/c1-4-15-5-8-20(26)19(9-15)17-11-28-25(29-12-17)32-21-10-16(24(35)31(3)13-22(27)34)6-7-18(21)23(30-32)14(2)33/h5-12,14,33H,4,13H2,1-3H3,(H2,27,34). The number of amides is 2. The minimum atomic E-state index is -0.886. The fourth-order valence-electron chi connectivity index (χ4n) is 3.84. The average molecular weight is 477 g/mol. The summed E-state index contributed by atoms with van der Waals surface area (Å²) in [4.78, 5) is 33.9. The summed E-state index contributed by atoms with van der Waals surface area (Å²) in [7, 11) is 1.48. The Kier molecular flexibility index (Phi) is 6.57. The number of hydrogen-bond donors (Lipinski definition) is 2. The maximum absolute atomic E-state index is 14.4. The molecule has 4 rings (SSSR count). The lowest BCUT2D eigenvalue weighted by atomic mass is 10.0. The molecule has 35 heavy (non-hydrogen) atoms. The Morgan fingerprint density at radius 2 is 1.89 bits per heavy atom. The van der Waals surface area contributed by atoms with Crippen molar-refractivity contribution in [3.8, 4) is 17.1 Å². The molecular weight excluding hydrogens is 451 g/mol. The van der Waals surface area contributed by atoms with Crippen LogP contribution >= 0.6 is 0 Å². The number of halogens is 1. The van der Waals surface area contributed by atoms with Gasteiger partial charge in [-0.05, 0) is 43.2 Å². The third-order valence-electron chi connectivity index (χ3n) is 5.67. The lowest BCUT2D eigenvalue weighted by Crippen LogP contribution is -2.35. The van der Waals surface area contributed by atoms with Crippen molar-refractivity contribution in [2.24, 2.45) is 5.73 Å². The van der Waals surface area contributed by atoms with Gasteiger partial charge >= 0.3 is 0 Å². The number of carbonyl (C=O) groups is 2. The molecule has 10 heteroatoms. The number of primary amides is 1. The first-order valence-corrected chi connectivity index (χ1v) is 11.0. The van der Waals surface area contributed by atoms with Crippen molar-refractivity contribution in [2.45, 2.75) is 26.4 Å². The number of likely N-dealkylation sites (N-methyl/N-ethyl adjacent to an activating group) is 1. The van der Waals surface area contributed by atoms with Gasteiger partial charge in [0, 0.05) is 41.5 Å². The van der Waals surface area contributed by atoms with Crippen LogP contribution in [0.1, 0.15) is 41.6 Å². The minimum absolute atomic E-state index is 0.188. The van der Waals surface area contributed by atoms with Crippen molar-refractivity contribution < 1.29 is 19.1 Å². The predicted octanol–water partition coefficient (Wildman–Crippen LogP) is 2.79. The Morgan fingerprint density at radius 1 is 1.17 bits per heavy atom. The number of nitrogens with zero attached hydrogens (tertiary/aromatic N) is 5. The molecule has 0 saturated carbocycles. The van der Waals surface area contributed by atoms with Crippen molar-refractivity contribution in [3.63, 3.8) is 0 Å². The van der Waals surface area contributed by atoms with Crippen LogP contribution in [0.25, 0.3) is 28.0 Å². The number of carbonyl (C=O) groups excluding carboxylic acids is 2. The monoisotopic (exact) mass is 476 g/mol. The quantitative estimate of drug-likeness (QED) is 0.422. The van der Waals surface area contributed by atoms with Crippen LogP contribution in [0.2, 0.25) is 0 Å². The maximum Gasteiger partial charge on any atom is 0.254 e. The molecule has 0 fully saturated rings. The van der Waals surface area contributed by atoms with Crippen molar-refractivity contribution in [2.75, 3.05) is 13.6 Å². The first-order chi connectivity index (χ1) is 16.7. The van der Waals surface area contributed by atoms with E-state index < -0.39 is 17.9 Å². The molecule has 2 amide bonds. The molecule has 1 unspecified atom stereocenters. The van der Waals surface area contributed by atoms with E-state index in [0.29, 0.717) is 33.3 Å². The minimum Gasteiger partial charge on any atom is -0.387 e. The molecule has 0 bridgehead atoms. The molecule has 1 atom stereocenters. The SMILES string of the molecule is CCc1ccc(F)c(-c2cnc(-n3nc(C(C)O)c4ccc(C(=O)N(C)CC(N)=O)cc43)nc2)c1. The second kappa shape index (κ2) is 9.59. The second-order valence-electron chi connectivity index (χ2n) is 8.27. The van der Waals surface area contributed by atoms with E-state index in [1.54, 1.807) is 37.3 Å². The summed E-state index contributed by atoms with van der Waals surface area (Å²) in [6.07, 6.45) is 2.89. The number of aliphatic hydroxyl groups is 1. The van der Waals surface area contributed by atoms with Gasteiger partial charge in [-0.1, -0.05) is 19.1 Å². The largest absolute Gasteiger partial charge is 0.387 e. The molecule has 2 aromatic carbocycles. The van der Waals surface area contributed by atoms with Crippen molar-refractivity contribution >= 4 is 22.7 Å². The molecular formula is C25H25FN6O3. The fourth-order valence-corrected chi connectivity index (χ4v) is 3.84. The Morgan fingerprint density at radius 3 is 2.51 bits per heavy atom. The summed E-state index contributed by atoms with van der Waals surface area (Å²) < 4.78 is 15.8. The highest BCUT2D eigenvalue weighted by Gasteiger charge is 2.21. The zero-order valence-electron chi connectivity index (χ0n) is 19.6. The molecule has 3 N–H and O–H groups in total. The number of fused-ring (bicyclic) bond motifs is 1. The average Bonchev–Trinajstić information content (AvgIpc) is 3.23. The summed E-state index contributed by atoms with van der Waals surface area (Å²) in [6.45, 7) is 3.35. The molecule has 0 radical (unpaired) electrons. The maximum atomic E-state index is 14.4. The second-order valence-corrected chi connectivity index (χ2v) is 8.27. The number of nitrogens with two attached hydrogens (primary N) is 1. The van der Waals surface area contributed by atoms with E-state index >= 15 is 0 Å². The third kappa shape index (κ3) is 4.73. The molecule has 0 aliphatic carbocycles. The number of aromatic nitrogens is 4. The Hall–Kier alpha value is -4.18. The normalized spacial score (nSPS) is 12.0. The number of aryl methyl sites for hydroxylation is 1. The zero-order chi connectivity index (χ0) is 25.3. The molecule has 2 aromatic heterocycles. The van der Waals surface area contributed by atoms with E-state index in [9.17, 15) is 19.1 Å². The van der Waals surface area contributed by atoms with E-state index in [2.05, 4.69) is 15.1 Å². The first kappa shape index (κ1) is 24.0. The topological polar surface area (TPSA) is 127 Å². The molecule has 4 aromatic rings. The van der Waals surface area contributed by atoms with Crippen LogP contribution < -0.4 is 5.73 Å². The van der Waals surface area contributed by atoms with E-state index in [0.717, 1.165) is 12.0 Å². The van der Waals surface area contributed by atoms with Gasteiger partial charge in [-0.15, -0.1) is 0 Å². The fraction of sp³-hybridized carbons (Fsp3) is 0.240. The van der Waals surface area contributed by atoms with Crippen molar-refractivity contribution in [1.29, 1.82) is 0 Å².